The van der Waals surface area contributed by atoms with Crippen molar-refractivity contribution in [2.75, 3.05) is 13.1 Å². The van der Waals surface area contributed by atoms with Gasteiger partial charge < -0.3 is 14.6 Å². The van der Waals surface area contributed by atoms with Gasteiger partial charge in [0.15, 0.2) is 0 Å². The number of pyridine rings is 1. The van der Waals surface area contributed by atoms with E-state index in [-0.39, 0.29) is 23.9 Å². The van der Waals surface area contributed by atoms with E-state index in [1.165, 1.54) is 0 Å². The second-order valence-electron chi connectivity index (χ2n) is 8.87. The van der Waals surface area contributed by atoms with Crippen LogP contribution in [0.5, 0.6) is 0 Å². The first-order valence-electron chi connectivity index (χ1n) is 11.2. The van der Waals surface area contributed by atoms with Crippen molar-refractivity contribution in [1.29, 1.82) is 0 Å². The van der Waals surface area contributed by atoms with E-state index in [9.17, 15) is 14.7 Å². The number of nitrogens with zero attached hydrogens (tertiary/aromatic N) is 2. The molecule has 4 rings (SSSR count). The summed E-state index contributed by atoms with van der Waals surface area (Å²) in [7, 11) is 0. The minimum atomic E-state index is -0.986. The van der Waals surface area contributed by atoms with Crippen LogP contribution in [-0.2, 0) is 11.3 Å². The first-order valence-corrected chi connectivity index (χ1v) is 11.2. The Kier molecular flexibility index (Phi) is 6.56. The Labute approximate surface area is 188 Å². The molecular formula is C27H30N2O3. The number of aliphatic hydroxyl groups is 1. The molecule has 1 unspecified atom stereocenters. The van der Waals surface area contributed by atoms with Crippen molar-refractivity contribution in [3.05, 3.63) is 94.9 Å². The van der Waals surface area contributed by atoms with E-state index in [4.69, 9.17) is 0 Å². The Morgan fingerprint density at radius 3 is 2.22 bits per heavy atom. The normalized spacial score (nSPS) is 16.5. The van der Waals surface area contributed by atoms with E-state index in [1.54, 1.807) is 16.8 Å². The second-order valence-corrected chi connectivity index (χ2v) is 8.87. The fraction of sp³-hybridized carbons (Fsp3) is 0.333. The van der Waals surface area contributed by atoms with Crippen molar-refractivity contribution in [2.45, 2.75) is 44.2 Å². The molecule has 0 saturated carbocycles. The van der Waals surface area contributed by atoms with Crippen LogP contribution >= 0.6 is 0 Å². The molecule has 5 heteroatoms. The van der Waals surface area contributed by atoms with Crippen molar-refractivity contribution < 1.29 is 9.90 Å². The molecule has 0 aliphatic carbocycles. The third-order valence-corrected chi connectivity index (χ3v) is 6.46. The minimum absolute atomic E-state index is 0.118. The third-order valence-electron chi connectivity index (χ3n) is 6.46. The Morgan fingerprint density at radius 1 is 0.969 bits per heavy atom. The Morgan fingerprint density at radius 2 is 1.59 bits per heavy atom. The molecule has 1 aromatic heterocycles. The Hall–Kier alpha value is -3.18. The van der Waals surface area contributed by atoms with Crippen LogP contribution in [0.2, 0.25) is 0 Å². The molecular weight excluding hydrogens is 400 g/mol. The zero-order chi connectivity index (χ0) is 22.6. The van der Waals surface area contributed by atoms with Crippen LogP contribution in [0.4, 0.5) is 0 Å². The highest BCUT2D eigenvalue weighted by molar-refractivity contribution is 5.77. The number of hydrogen-bond acceptors (Lipinski definition) is 3. The van der Waals surface area contributed by atoms with E-state index in [1.807, 2.05) is 71.6 Å². The lowest BCUT2D eigenvalue weighted by Gasteiger charge is -2.38. The minimum Gasteiger partial charge on any atom is -0.388 e. The van der Waals surface area contributed by atoms with Crippen LogP contribution in [0.15, 0.2) is 83.8 Å². The summed E-state index contributed by atoms with van der Waals surface area (Å²) in [4.78, 5) is 27.3. The van der Waals surface area contributed by atoms with Crippen molar-refractivity contribution in [3.8, 4) is 11.1 Å². The second kappa shape index (κ2) is 9.53. The summed E-state index contributed by atoms with van der Waals surface area (Å²) in [5, 5.41) is 11.1. The first-order chi connectivity index (χ1) is 15.4. The molecule has 0 bridgehead atoms. The molecule has 166 valence electrons. The number of carbonyl (C=O) groups excluding carboxylic acids is 1. The van der Waals surface area contributed by atoms with Crippen molar-refractivity contribution in [2.24, 2.45) is 0 Å². The van der Waals surface area contributed by atoms with Gasteiger partial charge >= 0.3 is 0 Å². The highest BCUT2D eigenvalue weighted by atomic mass is 16.3. The van der Waals surface area contributed by atoms with Crippen LogP contribution < -0.4 is 5.56 Å². The van der Waals surface area contributed by atoms with Crippen LogP contribution in [0.25, 0.3) is 11.1 Å². The van der Waals surface area contributed by atoms with E-state index < -0.39 is 5.60 Å². The quantitative estimate of drug-likeness (QED) is 0.641. The van der Waals surface area contributed by atoms with Gasteiger partial charge in [-0.1, -0.05) is 67.6 Å². The molecule has 2 aromatic carbocycles. The van der Waals surface area contributed by atoms with Crippen LogP contribution in [0.1, 0.15) is 37.7 Å². The van der Waals surface area contributed by atoms with Gasteiger partial charge in [-0.25, -0.2) is 0 Å². The molecule has 32 heavy (non-hydrogen) atoms. The third kappa shape index (κ3) is 5.17. The number of aromatic nitrogens is 1. The molecule has 3 aromatic rings. The van der Waals surface area contributed by atoms with Gasteiger partial charge in [0.25, 0.3) is 5.56 Å². The molecule has 2 heterocycles. The summed E-state index contributed by atoms with van der Waals surface area (Å²) in [5.74, 6) is 0.277. The number of carbonyl (C=O) groups is 1. The molecule has 1 aliphatic rings. The van der Waals surface area contributed by atoms with Gasteiger partial charge in [-0.15, -0.1) is 0 Å². The average molecular weight is 431 g/mol. The molecule has 1 atom stereocenters. The predicted octanol–water partition coefficient (Wildman–Crippen LogP) is 4.06. The Bertz CT molecular complexity index is 1100. The van der Waals surface area contributed by atoms with E-state index in [0.717, 1.165) is 16.7 Å². The monoisotopic (exact) mass is 430 g/mol. The van der Waals surface area contributed by atoms with Gasteiger partial charge in [0.1, 0.15) is 0 Å². The summed E-state index contributed by atoms with van der Waals surface area (Å²) in [6, 6.07) is 23.4. The van der Waals surface area contributed by atoms with Gasteiger partial charge in [0, 0.05) is 31.8 Å². The van der Waals surface area contributed by atoms with E-state index >= 15 is 0 Å². The fourth-order valence-electron chi connectivity index (χ4n) is 4.39. The maximum atomic E-state index is 12.8. The van der Waals surface area contributed by atoms with Crippen LogP contribution in [0.3, 0.4) is 0 Å². The SMILES string of the molecule is CC(CC(=O)N1CCC(O)(Cn2ccc(-c3ccccc3)cc2=O)CC1)c1ccccc1. The Balaban J connectivity index is 1.35. The van der Waals surface area contributed by atoms with Gasteiger partial charge in [0.2, 0.25) is 5.91 Å². The summed E-state index contributed by atoms with van der Waals surface area (Å²) < 4.78 is 1.57. The highest BCUT2D eigenvalue weighted by Gasteiger charge is 2.34. The van der Waals surface area contributed by atoms with Crippen LogP contribution in [-0.4, -0.2) is 39.2 Å². The smallest absolute Gasteiger partial charge is 0.251 e. The summed E-state index contributed by atoms with van der Waals surface area (Å²) >= 11 is 0. The van der Waals surface area contributed by atoms with Gasteiger partial charge in [-0.2, -0.15) is 0 Å². The maximum absolute atomic E-state index is 12.8. The maximum Gasteiger partial charge on any atom is 0.251 e. The lowest BCUT2D eigenvalue weighted by atomic mass is 9.90. The van der Waals surface area contributed by atoms with Crippen molar-refractivity contribution >= 4 is 5.91 Å². The zero-order valence-corrected chi connectivity index (χ0v) is 18.5. The van der Waals surface area contributed by atoms with Crippen molar-refractivity contribution in [3.63, 3.8) is 0 Å². The number of piperidine rings is 1. The number of likely N-dealkylation sites (tertiary alicyclic amines) is 1. The highest BCUT2D eigenvalue weighted by Crippen LogP contribution is 2.26. The van der Waals surface area contributed by atoms with E-state index in [0.29, 0.717) is 32.4 Å². The number of hydrogen-bond donors (Lipinski definition) is 1. The summed E-state index contributed by atoms with van der Waals surface area (Å²) in [5.41, 5.74) is 1.90. The number of benzene rings is 2. The van der Waals surface area contributed by atoms with Crippen molar-refractivity contribution in [1.82, 2.24) is 9.47 Å². The molecule has 0 radical (unpaired) electrons. The molecule has 1 saturated heterocycles. The molecule has 1 aliphatic heterocycles. The number of rotatable bonds is 6. The predicted molar refractivity (Wildman–Crippen MR) is 126 cm³/mol. The molecule has 5 nitrogen and oxygen atoms in total. The standard InChI is InChI=1S/C27H30N2O3/c1-21(22-8-4-2-5-9-22)18-25(30)28-16-13-27(32,14-17-28)20-29-15-12-24(19-26(29)31)23-10-6-3-7-11-23/h2-12,15,19,21,32H,13-14,16-18,20H2,1H3. The molecule has 0 spiro atoms. The summed E-state index contributed by atoms with van der Waals surface area (Å²) in [6.45, 7) is 3.32. The lowest BCUT2D eigenvalue weighted by Crippen LogP contribution is -2.49. The zero-order valence-electron chi connectivity index (χ0n) is 18.5. The summed E-state index contributed by atoms with van der Waals surface area (Å²) in [6.07, 6.45) is 3.14. The molecule has 1 N–H and O–H groups in total. The van der Waals surface area contributed by atoms with E-state index in [2.05, 4.69) is 6.92 Å². The van der Waals surface area contributed by atoms with Gasteiger partial charge in [0.05, 0.1) is 12.1 Å². The van der Waals surface area contributed by atoms with Crippen LogP contribution in [0, 0.1) is 0 Å². The lowest BCUT2D eigenvalue weighted by molar-refractivity contribution is -0.136. The van der Waals surface area contributed by atoms with Gasteiger partial charge in [-0.05, 0) is 41.5 Å². The molecule has 1 amide bonds. The fourth-order valence-corrected chi connectivity index (χ4v) is 4.39. The average Bonchev–Trinajstić information content (AvgIpc) is 2.82. The van der Waals surface area contributed by atoms with Gasteiger partial charge in [-0.3, -0.25) is 9.59 Å². The largest absolute Gasteiger partial charge is 0.388 e. The molecule has 1 fully saturated rings. The topological polar surface area (TPSA) is 62.5 Å². The number of amides is 1. The first kappa shape index (κ1) is 22.0.